The standard InChI is InChI=1S/C15H22F2N2O2/c1-6-19(5)15(20)21-13-8-11(10(2)18(3)4)7-12(9-13)14(16)17/h7-10,14H,6H2,1-5H3/t10-/m0/s1. The third-order valence-electron chi connectivity index (χ3n) is 3.45. The van der Waals surface area contributed by atoms with E-state index in [1.54, 1.807) is 20.0 Å². The summed E-state index contributed by atoms with van der Waals surface area (Å²) in [7, 11) is 5.30. The van der Waals surface area contributed by atoms with E-state index >= 15 is 0 Å². The number of benzene rings is 1. The first-order valence-corrected chi connectivity index (χ1v) is 6.78. The van der Waals surface area contributed by atoms with Crippen molar-refractivity contribution in [3.63, 3.8) is 0 Å². The van der Waals surface area contributed by atoms with Crippen LogP contribution in [0.2, 0.25) is 0 Å². The van der Waals surface area contributed by atoms with E-state index in [4.69, 9.17) is 4.74 Å². The Labute approximate surface area is 124 Å². The smallest absolute Gasteiger partial charge is 0.410 e. The van der Waals surface area contributed by atoms with Crippen molar-refractivity contribution in [3.8, 4) is 5.75 Å². The van der Waals surface area contributed by atoms with Crippen molar-refractivity contribution < 1.29 is 18.3 Å². The van der Waals surface area contributed by atoms with Crippen LogP contribution < -0.4 is 4.74 Å². The summed E-state index contributed by atoms with van der Waals surface area (Å²) in [6, 6.07) is 4.21. The number of rotatable bonds is 5. The Morgan fingerprint density at radius 3 is 2.24 bits per heavy atom. The fraction of sp³-hybridized carbons (Fsp3) is 0.533. The van der Waals surface area contributed by atoms with Crippen LogP contribution in [0.4, 0.5) is 13.6 Å². The first-order chi connectivity index (χ1) is 9.76. The number of alkyl halides is 2. The fourth-order valence-electron chi connectivity index (χ4n) is 1.68. The summed E-state index contributed by atoms with van der Waals surface area (Å²) in [6.07, 6.45) is -3.17. The van der Waals surface area contributed by atoms with Crippen LogP contribution in [0.25, 0.3) is 0 Å². The quantitative estimate of drug-likeness (QED) is 0.831. The molecule has 0 saturated heterocycles. The van der Waals surface area contributed by atoms with Gasteiger partial charge in [-0.3, -0.25) is 0 Å². The van der Waals surface area contributed by atoms with E-state index in [1.807, 2.05) is 25.9 Å². The summed E-state index contributed by atoms with van der Waals surface area (Å²) in [5.41, 5.74) is 0.530. The molecule has 0 heterocycles. The maximum Gasteiger partial charge on any atom is 0.414 e. The number of nitrogens with zero attached hydrogens (tertiary/aromatic N) is 2. The van der Waals surface area contributed by atoms with Crippen molar-refractivity contribution in [1.29, 1.82) is 0 Å². The molecule has 6 heteroatoms. The summed E-state index contributed by atoms with van der Waals surface area (Å²) in [6.45, 7) is 4.18. The predicted octanol–water partition coefficient (Wildman–Crippen LogP) is 3.70. The van der Waals surface area contributed by atoms with Crippen LogP contribution in [-0.4, -0.2) is 43.6 Å². The average molecular weight is 300 g/mol. The zero-order chi connectivity index (χ0) is 16.2. The molecule has 1 amide bonds. The molecule has 4 nitrogen and oxygen atoms in total. The summed E-state index contributed by atoms with van der Waals surface area (Å²) < 4.78 is 31.1. The third-order valence-corrected chi connectivity index (χ3v) is 3.45. The zero-order valence-corrected chi connectivity index (χ0v) is 13.1. The van der Waals surface area contributed by atoms with E-state index in [9.17, 15) is 13.6 Å². The summed E-state index contributed by atoms with van der Waals surface area (Å²) in [5.74, 6) is 0.141. The van der Waals surface area contributed by atoms with E-state index in [0.29, 0.717) is 12.1 Å². The molecule has 0 saturated carbocycles. The Balaban J connectivity index is 3.11. The molecule has 118 valence electrons. The molecule has 0 unspecified atom stereocenters. The molecule has 0 aliphatic rings. The van der Waals surface area contributed by atoms with Gasteiger partial charge in [0.25, 0.3) is 6.43 Å². The molecule has 0 spiro atoms. The van der Waals surface area contributed by atoms with Gasteiger partial charge in [-0.2, -0.15) is 0 Å². The summed E-state index contributed by atoms with van der Waals surface area (Å²) in [4.78, 5) is 15.0. The molecule has 0 aliphatic carbocycles. The predicted molar refractivity (Wildman–Crippen MR) is 77.8 cm³/mol. The van der Waals surface area contributed by atoms with Gasteiger partial charge in [0.2, 0.25) is 0 Å². The molecule has 1 atom stereocenters. The van der Waals surface area contributed by atoms with Crippen molar-refractivity contribution >= 4 is 6.09 Å². The molecule has 0 aromatic heterocycles. The topological polar surface area (TPSA) is 32.8 Å². The van der Waals surface area contributed by atoms with E-state index < -0.39 is 12.5 Å². The summed E-state index contributed by atoms with van der Waals surface area (Å²) >= 11 is 0. The Bertz CT molecular complexity index is 493. The molecule has 1 aromatic carbocycles. The van der Waals surface area contributed by atoms with Gasteiger partial charge in [-0.15, -0.1) is 0 Å². The van der Waals surface area contributed by atoms with Crippen LogP contribution in [0, 0.1) is 0 Å². The van der Waals surface area contributed by atoms with Gasteiger partial charge in [0, 0.05) is 25.2 Å². The second-order valence-corrected chi connectivity index (χ2v) is 5.16. The first-order valence-electron chi connectivity index (χ1n) is 6.78. The molecular formula is C15H22F2N2O2. The molecule has 0 aliphatic heterocycles. The van der Waals surface area contributed by atoms with Gasteiger partial charge in [-0.25, -0.2) is 13.6 Å². The minimum absolute atomic E-state index is 0.0648. The number of hydrogen-bond acceptors (Lipinski definition) is 3. The highest BCUT2D eigenvalue weighted by atomic mass is 19.3. The van der Waals surface area contributed by atoms with Crippen LogP contribution in [0.1, 0.15) is 37.4 Å². The molecule has 1 aromatic rings. The lowest BCUT2D eigenvalue weighted by Gasteiger charge is -2.22. The van der Waals surface area contributed by atoms with E-state index in [-0.39, 0.29) is 17.4 Å². The molecule has 21 heavy (non-hydrogen) atoms. The van der Waals surface area contributed by atoms with Crippen LogP contribution in [-0.2, 0) is 0 Å². The monoisotopic (exact) mass is 300 g/mol. The lowest BCUT2D eigenvalue weighted by Crippen LogP contribution is -2.29. The van der Waals surface area contributed by atoms with Crippen LogP contribution in [0.3, 0.4) is 0 Å². The van der Waals surface area contributed by atoms with Crippen molar-refractivity contribution in [2.24, 2.45) is 0 Å². The normalized spacial score (nSPS) is 12.6. The fourth-order valence-corrected chi connectivity index (χ4v) is 1.68. The molecular weight excluding hydrogens is 278 g/mol. The molecule has 1 rings (SSSR count). The second kappa shape index (κ2) is 7.36. The minimum Gasteiger partial charge on any atom is -0.410 e. The van der Waals surface area contributed by atoms with E-state index in [0.717, 1.165) is 0 Å². The van der Waals surface area contributed by atoms with E-state index in [2.05, 4.69) is 0 Å². The highest BCUT2D eigenvalue weighted by Crippen LogP contribution is 2.29. The number of halogens is 2. The number of ether oxygens (including phenoxy) is 1. The summed E-state index contributed by atoms with van der Waals surface area (Å²) in [5, 5.41) is 0. The lowest BCUT2D eigenvalue weighted by molar-refractivity contribution is 0.149. The Morgan fingerprint density at radius 2 is 1.76 bits per heavy atom. The van der Waals surface area contributed by atoms with Crippen LogP contribution >= 0.6 is 0 Å². The Hall–Kier alpha value is -1.69. The van der Waals surface area contributed by atoms with Gasteiger partial charge in [0.1, 0.15) is 5.75 Å². The molecule has 0 N–H and O–H groups in total. The number of carbonyl (C=O) groups is 1. The van der Waals surface area contributed by atoms with Gasteiger partial charge in [-0.1, -0.05) is 0 Å². The van der Waals surface area contributed by atoms with Crippen LogP contribution in [0.5, 0.6) is 5.75 Å². The number of hydrogen-bond donors (Lipinski definition) is 0. The highest BCUT2D eigenvalue weighted by molar-refractivity contribution is 5.70. The number of amides is 1. The SMILES string of the molecule is CCN(C)C(=O)Oc1cc(C(F)F)cc([C@H](C)N(C)C)c1. The van der Waals surface area contributed by atoms with Gasteiger partial charge >= 0.3 is 6.09 Å². The zero-order valence-electron chi connectivity index (χ0n) is 13.1. The highest BCUT2D eigenvalue weighted by Gasteiger charge is 2.17. The van der Waals surface area contributed by atoms with E-state index in [1.165, 1.54) is 17.0 Å². The second-order valence-electron chi connectivity index (χ2n) is 5.16. The third kappa shape index (κ3) is 4.67. The lowest BCUT2D eigenvalue weighted by atomic mass is 10.0. The Morgan fingerprint density at radius 1 is 1.19 bits per heavy atom. The van der Waals surface area contributed by atoms with Gasteiger partial charge in [-0.05, 0) is 51.7 Å². The van der Waals surface area contributed by atoms with Crippen LogP contribution in [0.15, 0.2) is 18.2 Å². The minimum atomic E-state index is -2.61. The number of carbonyl (C=O) groups excluding carboxylic acids is 1. The largest absolute Gasteiger partial charge is 0.414 e. The van der Waals surface area contributed by atoms with Gasteiger partial charge in [0.15, 0.2) is 0 Å². The molecule has 0 radical (unpaired) electrons. The first kappa shape index (κ1) is 17.4. The van der Waals surface area contributed by atoms with Crippen molar-refractivity contribution in [2.75, 3.05) is 27.7 Å². The van der Waals surface area contributed by atoms with Gasteiger partial charge in [0.05, 0.1) is 0 Å². The average Bonchev–Trinajstić information content (AvgIpc) is 2.44. The van der Waals surface area contributed by atoms with Crippen molar-refractivity contribution in [3.05, 3.63) is 29.3 Å². The van der Waals surface area contributed by atoms with Gasteiger partial charge < -0.3 is 14.5 Å². The molecule has 0 bridgehead atoms. The van der Waals surface area contributed by atoms with Crippen molar-refractivity contribution in [2.45, 2.75) is 26.3 Å². The van der Waals surface area contributed by atoms with Crippen molar-refractivity contribution in [1.82, 2.24) is 9.80 Å². The Kier molecular flexibility index (Phi) is 6.08. The molecule has 0 fully saturated rings. The maximum atomic E-state index is 13.0. The maximum absolute atomic E-state index is 13.0.